The van der Waals surface area contributed by atoms with Crippen molar-refractivity contribution in [2.24, 2.45) is 0 Å². The average Bonchev–Trinajstić information content (AvgIpc) is 3.07. The normalized spacial score (nSPS) is 14.9. The van der Waals surface area contributed by atoms with Crippen molar-refractivity contribution in [2.45, 2.75) is 193 Å². The number of hydrogen-bond donors (Lipinski definition) is 3. The van der Waals surface area contributed by atoms with Gasteiger partial charge >= 0.3 is 5.97 Å². The van der Waals surface area contributed by atoms with Gasteiger partial charge < -0.3 is 38.5 Å². The number of quaternary nitrogens is 1. The quantitative estimate of drug-likeness (QED) is 0.0145. The van der Waals surface area contributed by atoms with Crippen molar-refractivity contribution in [1.29, 1.82) is 0 Å². The number of hydrogen-bond acceptors (Lipinski definition) is 8. The molecule has 9 nitrogen and oxygen atoms in total. The van der Waals surface area contributed by atoms with Crippen LogP contribution < -0.4 is 4.89 Å². The zero-order valence-corrected chi connectivity index (χ0v) is 33.5. The molecule has 3 atom stereocenters. The predicted octanol–water partition coefficient (Wildman–Crippen LogP) is 9.08. The first kappa shape index (κ1) is 48.9. The molecule has 2 unspecified atom stereocenters. The Morgan fingerprint density at radius 2 is 1.10 bits per heavy atom. The fourth-order valence-corrected chi connectivity index (χ4v) is 8.04. The Morgan fingerprint density at radius 3 is 1.58 bits per heavy atom. The summed E-state index contributed by atoms with van der Waals surface area (Å²) in [4.78, 5) is 25.2. The van der Waals surface area contributed by atoms with E-state index in [1.807, 2.05) is 6.92 Å². The van der Waals surface area contributed by atoms with Crippen LogP contribution in [0.5, 0.6) is 0 Å². The Morgan fingerprint density at radius 1 is 0.660 bits per heavy atom. The van der Waals surface area contributed by atoms with E-state index in [1.165, 1.54) is 96.3 Å². The molecular weight excluding hydrogens is 653 g/mol. The third-order valence-corrected chi connectivity index (χ3v) is 11.5. The summed E-state index contributed by atoms with van der Waals surface area (Å²) in [6.45, 7) is 3.70. The summed E-state index contributed by atoms with van der Waals surface area (Å²) in [6.07, 6.45) is 33.0. The summed E-state index contributed by atoms with van der Waals surface area (Å²) < 4.78 is 23.5. The van der Waals surface area contributed by atoms with E-state index in [0.29, 0.717) is 19.3 Å². The van der Waals surface area contributed by atoms with Crippen molar-refractivity contribution in [3.05, 3.63) is 24.3 Å². The topological polar surface area (TPSA) is 136 Å². The molecule has 0 aromatic rings. The molecule has 0 aromatic heterocycles. The highest BCUT2D eigenvalue weighted by Gasteiger charge is 2.38. The molecule has 0 bridgehead atoms. The molecule has 0 spiro atoms. The standard InChI is InChI=1S/C40H78NO8P/c1-5-7-9-10-11-12-13-14-15-16-17-18-19-20-21-22-23-24-25-26-27-28-30-32-40(45)48-35-37(42)36-49-50(46,47)38(31-29-8-6-2)41(3,4)34-33-39(43)44/h13-14,25-26,37-39,42-44H,5-12,15-24,27-36H2,1-4H3/b14-13-,26-25-/t37-,38?/m1/s1. The fourth-order valence-electron chi connectivity index (χ4n) is 6.10. The number of aliphatic hydroxyl groups excluding tert-OH is 2. The highest BCUT2D eigenvalue weighted by atomic mass is 31.2. The van der Waals surface area contributed by atoms with Gasteiger partial charge in [-0.05, 0) is 64.2 Å². The lowest BCUT2D eigenvalue weighted by Gasteiger charge is -2.44. The maximum absolute atomic E-state index is 13.1. The number of ether oxygens (including phenoxy) is 1. The first-order chi connectivity index (χ1) is 24.0. The minimum absolute atomic E-state index is 0.0144. The molecule has 0 radical (unpaired) electrons. The Balaban J connectivity index is 3.92. The van der Waals surface area contributed by atoms with Crippen LogP contribution >= 0.6 is 7.60 Å². The van der Waals surface area contributed by atoms with E-state index in [-0.39, 0.29) is 30.5 Å². The van der Waals surface area contributed by atoms with Crippen molar-refractivity contribution >= 4 is 13.6 Å². The van der Waals surface area contributed by atoms with Crippen molar-refractivity contribution < 1.29 is 43.3 Å². The number of allylic oxidation sites excluding steroid dienone is 4. The Bertz CT molecular complexity index is 895. The van der Waals surface area contributed by atoms with Crippen LogP contribution in [0, 0.1) is 0 Å². The Kier molecular flexibility index (Phi) is 31.9. The lowest BCUT2D eigenvalue weighted by atomic mass is 10.1. The second kappa shape index (κ2) is 32.6. The minimum atomic E-state index is -4.43. The molecule has 0 aromatic carbocycles. The van der Waals surface area contributed by atoms with E-state index in [1.54, 1.807) is 14.1 Å². The summed E-state index contributed by atoms with van der Waals surface area (Å²) >= 11 is 0. The van der Waals surface area contributed by atoms with Gasteiger partial charge in [0, 0.05) is 19.3 Å². The fraction of sp³-hybridized carbons (Fsp3) is 0.875. The monoisotopic (exact) mass is 732 g/mol. The zero-order chi connectivity index (χ0) is 37.4. The number of carbonyl (C=O) groups excluding carboxylic acids is 1. The highest BCUT2D eigenvalue weighted by Crippen LogP contribution is 2.49. The highest BCUT2D eigenvalue weighted by molar-refractivity contribution is 7.51. The molecule has 0 saturated carbocycles. The number of unbranched alkanes of at least 4 members (excludes halogenated alkanes) is 18. The van der Waals surface area contributed by atoms with Gasteiger partial charge in [0.15, 0.2) is 19.7 Å². The number of nitrogens with zero attached hydrogens (tertiary/aromatic N) is 1. The molecule has 296 valence electrons. The van der Waals surface area contributed by atoms with Crippen molar-refractivity contribution in [2.75, 3.05) is 33.9 Å². The number of carbonyl (C=O) groups is 1. The van der Waals surface area contributed by atoms with E-state index < -0.39 is 38.3 Å². The predicted molar refractivity (Wildman–Crippen MR) is 205 cm³/mol. The summed E-state index contributed by atoms with van der Waals surface area (Å²) in [6, 6.07) is 0. The first-order valence-corrected chi connectivity index (χ1v) is 21.8. The van der Waals surface area contributed by atoms with Crippen LogP contribution in [0.4, 0.5) is 0 Å². The molecule has 0 heterocycles. The van der Waals surface area contributed by atoms with Crippen molar-refractivity contribution in [3.63, 3.8) is 0 Å². The van der Waals surface area contributed by atoms with Crippen LogP contribution in [0.2, 0.25) is 0 Å². The molecule has 0 aliphatic rings. The maximum atomic E-state index is 13.1. The van der Waals surface area contributed by atoms with Gasteiger partial charge in [-0.2, -0.15) is 0 Å². The molecule has 50 heavy (non-hydrogen) atoms. The smallest absolute Gasteiger partial charge is 0.305 e. The molecule has 0 aliphatic heterocycles. The molecule has 0 fully saturated rings. The molecular formula is C40H78NO8P. The Labute approximate surface area is 307 Å². The number of esters is 1. The molecule has 0 saturated heterocycles. The van der Waals surface area contributed by atoms with Gasteiger partial charge in [-0.15, -0.1) is 0 Å². The summed E-state index contributed by atoms with van der Waals surface area (Å²) in [5.74, 6) is -1.31. The van der Waals surface area contributed by atoms with E-state index in [2.05, 4.69) is 31.2 Å². The molecule has 10 heteroatoms. The van der Waals surface area contributed by atoms with Gasteiger partial charge in [0.05, 0.1) is 27.2 Å². The molecule has 0 amide bonds. The zero-order valence-electron chi connectivity index (χ0n) is 32.6. The van der Waals surface area contributed by atoms with E-state index in [4.69, 9.17) is 9.26 Å². The van der Waals surface area contributed by atoms with Gasteiger partial charge in [0.2, 0.25) is 0 Å². The molecule has 0 rings (SSSR count). The van der Waals surface area contributed by atoms with Crippen LogP contribution in [0.3, 0.4) is 0 Å². The Hall–Kier alpha value is -1.06. The van der Waals surface area contributed by atoms with Gasteiger partial charge in [0.25, 0.3) is 0 Å². The van der Waals surface area contributed by atoms with Gasteiger partial charge in [-0.25, -0.2) is 0 Å². The first-order valence-electron chi connectivity index (χ1n) is 20.2. The van der Waals surface area contributed by atoms with Crippen LogP contribution in [-0.2, 0) is 18.6 Å². The molecule has 0 aliphatic carbocycles. The summed E-state index contributed by atoms with van der Waals surface area (Å²) in [5.41, 5.74) is 0. The summed E-state index contributed by atoms with van der Waals surface area (Å²) in [5, 5.41) is 28.8. The van der Waals surface area contributed by atoms with Gasteiger partial charge in [-0.3, -0.25) is 4.79 Å². The van der Waals surface area contributed by atoms with E-state index in [0.717, 1.165) is 32.1 Å². The van der Waals surface area contributed by atoms with Crippen molar-refractivity contribution in [1.82, 2.24) is 0 Å². The maximum Gasteiger partial charge on any atom is 0.305 e. The van der Waals surface area contributed by atoms with Gasteiger partial charge in [0.1, 0.15) is 12.7 Å². The minimum Gasteiger partial charge on any atom is -0.774 e. The van der Waals surface area contributed by atoms with Crippen molar-refractivity contribution in [3.8, 4) is 0 Å². The third-order valence-electron chi connectivity index (χ3n) is 9.39. The van der Waals surface area contributed by atoms with E-state index >= 15 is 0 Å². The number of rotatable bonds is 36. The molecule has 3 N–H and O–H groups in total. The SMILES string of the molecule is CCCCCCC/C=C\CCCCCCCCCC/C=C\CCCCC(=O)OC[C@@H](O)COP(=O)([O-])C(CCCCC)[N+](C)(C)CCC(O)O. The third kappa shape index (κ3) is 29.5. The van der Waals surface area contributed by atoms with Crippen LogP contribution in [0.1, 0.15) is 174 Å². The van der Waals surface area contributed by atoms with Gasteiger partial charge in [-0.1, -0.05) is 115 Å². The van der Waals surface area contributed by atoms with Crippen LogP contribution in [0.15, 0.2) is 24.3 Å². The lowest BCUT2D eigenvalue weighted by Crippen LogP contribution is -2.51. The van der Waals surface area contributed by atoms with Crippen LogP contribution in [0.25, 0.3) is 0 Å². The second-order valence-corrected chi connectivity index (χ2v) is 16.7. The number of aliphatic hydroxyl groups is 3. The summed E-state index contributed by atoms with van der Waals surface area (Å²) in [7, 11) is -0.980. The lowest BCUT2D eigenvalue weighted by molar-refractivity contribution is -0.905. The second-order valence-electron chi connectivity index (χ2n) is 14.7. The van der Waals surface area contributed by atoms with Crippen LogP contribution in [-0.4, -0.2) is 77.8 Å². The average molecular weight is 732 g/mol. The largest absolute Gasteiger partial charge is 0.774 e. The van der Waals surface area contributed by atoms with E-state index in [9.17, 15) is 29.6 Å².